The van der Waals surface area contributed by atoms with E-state index in [4.69, 9.17) is 17.3 Å². The predicted octanol–water partition coefficient (Wildman–Crippen LogP) is 3.28. The van der Waals surface area contributed by atoms with Gasteiger partial charge < -0.3 is 16.2 Å². The number of rotatable bonds is 4. The van der Waals surface area contributed by atoms with Gasteiger partial charge in [-0.25, -0.2) is 0 Å². The number of anilines is 2. The summed E-state index contributed by atoms with van der Waals surface area (Å²) in [7, 11) is 0. The lowest BCUT2D eigenvalue weighted by molar-refractivity contribution is 0.0995. The number of H-pyrrole nitrogens is 1. The number of nitrogens with zero attached hydrogens (tertiary/aromatic N) is 1. The van der Waals surface area contributed by atoms with Gasteiger partial charge in [0.05, 0.1) is 5.69 Å². The maximum atomic E-state index is 11.1. The van der Waals surface area contributed by atoms with Gasteiger partial charge in [-0.2, -0.15) is 5.10 Å². The first kappa shape index (κ1) is 14.9. The first-order valence-electron chi connectivity index (χ1n) is 6.74. The highest BCUT2D eigenvalue weighted by Crippen LogP contribution is 2.31. The number of nitrogens with two attached hydrogens (primary N) is 1. The van der Waals surface area contributed by atoms with E-state index in [2.05, 4.69) is 15.5 Å². The van der Waals surface area contributed by atoms with E-state index >= 15 is 0 Å². The zero-order chi connectivity index (χ0) is 16.4. The normalized spacial score (nSPS) is 10.5. The molecule has 7 heteroatoms. The number of carbonyl (C=O) groups excluding carboxylic acids is 1. The van der Waals surface area contributed by atoms with Crippen LogP contribution in [0.4, 0.5) is 11.4 Å². The minimum absolute atomic E-state index is 0.0338. The van der Waals surface area contributed by atoms with Crippen LogP contribution in [0.15, 0.2) is 48.5 Å². The number of aromatic hydroxyl groups is 1. The highest BCUT2D eigenvalue weighted by atomic mass is 35.5. The molecule has 0 saturated heterocycles. The molecule has 2 aromatic carbocycles. The van der Waals surface area contributed by atoms with Crippen LogP contribution in [0.2, 0.25) is 5.02 Å². The molecule has 0 aliphatic heterocycles. The van der Waals surface area contributed by atoms with E-state index in [1.807, 2.05) is 12.1 Å². The first-order chi connectivity index (χ1) is 11.0. The number of aromatic nitrogens is 2. The van der Waals surface area contributed by atoms with Crippen LogP contribution in [0.1, 0.15) is 10.5 Å². The Morgan fingerprint density at radius 1 is 1.13 bits per heavy atom. The second-order valence-corrected chi connectivity index (χ2v) is 5.33. The van der Waals surface area contributed by atoms with Crippen molar-refractivity contribution in [1.29, 1.82) is 0 Å². The van der Waals surface area contributed by atoms with Crippen molar-refractivity contribution in [2.24, 2.45) is 5.73 Å². The van der Waals surface area contributed by atoms with Gasteiger partial charge in [0.25, 0.3) is 5.91 Å². The third-order valence-electron chi connectivity index (χ3n) is 3.25. The van der Waals surface area contributed by atoms with Crippen molar-refractivity contribution in [3.05, 3.63) is 59.2 Å². The average Bonchev–Trinajstić information content (AvgIpc) is 3.00. The zero-order valence-electron chi connectivity index (χ0n) is 11.9. The maximum absolute atomic E-state index is 11.1. The fraction of sp³-hybridized carbons (Fsp3) is 0. The number of phenolic OH excluding ortho intramolecular Hbond substituents is 1. The highest BCUT2D eigenvalue weighted by molar-refractivity contribution is 6.30. The fourth-order valence-corrected chi connectivity index (χ4v) is 2.24. The first-order valence-corrected chi connectivity index (χ1v) is 7.12. The van der Waals surface area contributed by atoms with Crippen molar-refractivity contribution in [1.82, 2.24) is 10.2 Å². The van der Waals surface area contributed by atoms with E-state index in [0.717, 1.165) is 5.69 Å². The Balaban J connectivity index is 1.85. The number of hydrogen-bond acceptors (Lipinski definition) is 4. The zero-order valence-corrected chi connectivity index (χ0v) is 12.6. The lowest BCUT2D eigenvalue weighted by Crippen LogP contribution is -2.10. The quantitative estimate of drug-likeness (QED) is 0.590. The van der Waals surface area contributed by atoms with Crippen molar-refractivity contribution in [3.63, 3.8) is 0 Å². The molecule has 0 aliphatic carbocycles. The number of halogens is 1. The molecule has 0 saturated carbocycles. The van der Waals surface area contributed by atoms with Crippen LogP contribution in [0.5, 0.6) is 5.75 Å². The van der Waals surface area contributed by atoms with Crippen LogP contribution >= 0.6 is 11.6 Å². The topological polar surface area (TPSA) is 104 Å². The molecule has 0 radical (unpaired) electrons. The molecule has 1 aromatic heterocycles. The number of amides is 1. The smallest absolute Gasteiger partial charge is 0.266 e. The van der Waals surface area contributed by atoms with Gasteiger partial charge in [-0.1, -0.05) is 11.6 Å². The molecular weight excluding hydrogens is 316 g/mol. The fourth-order valence-electron chi connectivity index (χ4n) is 2.11. The molecule has 23 heavy (non-hydrogen) atoms. The molecule has 3 rings (SSSR count). The summed E-state index contributed by atoms with van der Waals surface area (Å²) in [6, 6.07) is 13.8. The molecule has 0 fully saturated rings. The molecule has 0 aliphatic rings. The minimum Gasteiger partial charge on any atom is -0.507 e. The van der Waals surface area contributed by atoms with Crippen molar-refractivity contribution in [2.75, 3.05) is 5.32 Å². The molecule has 3 aromatic rings. The summed E-state index contributed by atoms with van der Waals surface area (Å²) in [6.07, 6.45) is 0. The Morgan fingerprint density at radius 2 is 1.83 bits per heavy atom. The van der Waals surface area contributed by atoms with Gasteiger partial charge in [0, 0.05) is 28.0 Å². The van der Waals surface area contributed by atoms with E-state index in [0.29, 0.717) is 22.0 Å². The lowest BCUT2D eigenvalue weighted by atomic mass is 10.1. The molecule has 6 nitrogen and oxygen atoms in total. The van der Waals surface area contributed by atoms with Crippen molar-refractivity contribution in [3.8, 4) is 17.0 Å². The standard InChI is InChI=1S/C16H13ClN4O2/c17-9-1-3-10(4-2-9)19-11-5-6-12(15(22)7-11)13-8-14(16(18)23)21-20-13/h1-8,19,22H,(H2,18,23)(H,20,21). The predicted molar refractivity (Wildman–Crippen MR) is 88.9 cm³/mol. The van der Waals surface area contributed by atoms with E-state index in [1.54, 1.807) is 30.3 Å². The summed E-state index contributed by atoms with van der Waals surface area (Å²) in [4.78, 5) is 11.1. The number of nitrogens with one attached hydrogen (secondary N) is 2. The van der Waals surface area contributed by atoms with E-state index in [9.17, 15) is 9.90 Å². The molecule has 5 N–H and O–H groups in total. The van der Waals surface area contributed by atoms with Gasteiger partial charge in [0.15, 0.2) is 0 Å². The summed E-state index contributed by atoms with van der Waals surface area (Å²) < 4.78 is 0. The lowest BCUT2D eigenvalue weighted by Gasteiger charge is -2.09. The molecular formula is C16H13ClN4O2. The third kappa shape index (κ3) is 3.27. The summed E-state index contributed by atoms with van der Waals surface area (Å²) in [5.74, 6) is -0.573. The Kier molecular flexibility index (Phi) is 3.91. The van der Waals surface area contributed by atoms with Crippen LogP contribution < -0.4 is 11.1 Å². The van der Waals surface area contributed by atoms with Gasteiger partial charge in [0.1, 0.15) is 11.4 Å². The number of hydrogen-bond donors (Lipinski definition) is 4. The molecule has 0 bridgehead atoms. The number of benzene rings is 2. The van der Waals surface area contributed by atoms with Crippen LogP contribution in [-0.2, 0) is 0 Å². The maximum Gasteiger partial charge on any atom is 0.266 e. The minimum atomic E-state index is -0.607. The monoisotopic (exact) mass is 328 g/mol. The highest BCUT2D eigenvalue weighted by Gasteiger charge is 2.11. The van der Waals surface area contributed by atoms with Gasteiger partial charge in [0.2, 0.25) is 0 Å². The summed E-state index contributed by atoms with van der Waals surface area (Å²) in [6.45, 7) is 0. The third-order valence-corrected chi connectivity index (χ3v) is 3.50. The second kappa shape index (κ2) is 6.02. The van der Waals surface area contributed by atoms with Gasteiger partial charge in [-0.05, 0) is 42.5 Å². The van der Waals surface area contributed by atoms with Crippen molar-refractivity contribution >= 4 is 28.9 Å². The summed E-state index contributed by atoms with van der Waals surface area (Å²) in [5.41, 5.74) is 7.84. The van der Waals surface area contributed by atoms with Crippen molar-refractivity contribution < 1.29 is 9.90 Å². The molecule has 0 atom stereocenters. The van der Waals surface area contributed by atoms with E-state index < -0.39 is 5.91 Å². The molecule has 1 amide bonds. The average molecular weight is 329 g/mol. The Morgan fingerprint density at radius 3 is 2.43 bits per heavy atom. The Labute approximate surface area is 136 Å². The van der Waals surface area contributed by atoms with Gasteiger partial charge >= 0.3 is 0 Å². The molecule has 0 spiro atoms. The molecule has 116 valence electrons. The largest absolute Gasteiger partial charge is 0.507 e. The summed E-state index contributed by atoms with van der Waals surface area (Å²) >= 11 is 5.84. The van der Waals surface area contributed by atoms with Crippen LogP contribution in [-0.4, -0.2) is 21.2 Å². The van der Waals surface area contributed by atoms with Crippen molar-refractivity contribution in [2.45, 2.75) is 0 Å². The van der Waals surface area contributed by atoms with Gasteiger partial charge in [-0.15, -0.1) is 0 Å². The Hall–Kier alpha value is -2.99. The second-order valence-electron chi connectivity index (χ2n) is 4.89. The van der Waals surface area contributed by atoms with Crippen LogP contribution in [0, 0.1) is 0 Å². The molecule has 1 heterocycles. The number of aromatic amines is 1. The van der Waals surface area contributed by atoms with Gasteiger partial charge in [-0.3, -0.25) is 9.89 Å². The summed E-state index contributed by atoms with van der Waals surface area (Å²) in [5, 5.41) is 20.5. The number of phenols is 1. The number of primary amides is 1. The van der Waals surface area contributed by atoms with E-state index in [-0.39, 0.29) is 11.4 Å². The van der Waals surface area contributed by atoms with Crippen LogP contribution in [0.25, 0.3) is 11.3 Å². The number of carbonyl (C=O) groups is 1. The SMILES string of the molecule is NC(=O)c1cc(-c2ccc(Nc3ccc(Cl)cc3)cc2O)n[nH]1. The van der Waals surface area contributed by atoms with Crippen LogP contribution in [0.3, 0.4) is 0 Å². The van der Waals surface area contributed by atoms with E-state index in [1.165, 1.54) is 6.07 Å². The molecule has 0 unspecified atom stereocenters. The Bertz CT molecular complexity index is 859.